The molecule has 0 radical (unpaired) electrons. The lowest BCUT2D eigenvalue weighted by molar-refractivity contribution is -0.127. The van der Waals surface area contributed by atoms with Crippen LogP contribution in [-0.2, 0) is 11.2 Å². The maximum absolute atomic E-state index is 11.4. The second kappa shape index (κ2) is 12.5. The molecule has 232 valence electrons. The zero-order chi connectivity index (χ0) is 31.8. The number of amides is 1. The fraction of sp³-hybridized carbons (Fsp3) is 0.290. The summed E-state index contributed by atoms with van der Waals surface area (Å²) in [6.07, 6.45) is 0.688. The molecule has 0 unspecified atom stereocenters. The predicted octanol–water partition coefficient (Wildman–Crippen LogP) is 4.70. The molecular weight excluding hydrogens is 617 g/mol. The molecule has 0 fully saturated rings. The Hall–Kier alpha value is -4.52. The van der Waals surface area contributed by atoms with E-state index in [9.17, 15) is 4.79 Å². The smallest absolute Gasteiger partial charge is 0.231 e. The van der Waals surface area contributed by atoms with Gasteiger partial charge in [0.05, 0.1) is 13.3 Å². The van der Waals surface area contributed by atoms with Crippen molar-refractivity contribution < 1.29 is 14.3 Å². The average Bonchev–Trinajstić information content (AvgIpc) is 3.04. The van der Waals surface area contributed by atoms with Gasteiger partial charge in [-0.3, -0.25) is 10.1 Å². The van der Waals surface area contributed by atoms with Gasteiger partial charge in [-0.1, -0.05) is 41.4 Å². The number of nitrogens with one attached hydrogen (secondary N) is 1. The van der Waals surface area contributed by atoms with Crippen LogP contribution in [-0.4, -0.2) is 66.8 Å². The van der Waals surface area contributed by atoms with E-state index >= 15 is 0 Å². The molecule has 2 aliphatic rings. The summed E-state index contributed by atoms with van der Waals surface area (Å²) in [5.41, 5.74) is 2.32. The number of para-hydroxylation sites is 2. The monoisotopic (exact) mass is 647 g/mol. The van der Waals surface area contributed by atoms with Crippen LogP contribution in [0.25, 0.3) is 0 Å². The van der Waals surface area contributed by atoms with Gasteiger partial charge in [0, 0.05) is 34.6 Å². The summed E-state index contributed by atoms with van der Waals surface area (Å²) in [7, 11) is 5.55. The van der Waals surface area contributed by atoms with Crippen LogP contribution >= 0.6 is 23.2 Å². The van der Waals surface area contributed by atoms with Gasteiger partial charge in [-0.15, -0.1) is 0 Å². The minimum Gasteiger partial charge on any atom is -0.451 e. The number of hydrogen-bond acceptors (Lipinski definition) is 11. The number of aromatic nitrogens is 3. The molecule has 4 aromatic rings. The van der Waals surface area contributed by atoms with Crippen LogP contribution in [0.3, 0.4) is 0 Å². The number of benzene rings is 3. The molecule has 0 saturated heterocycles. The predicted molar refractivity (Wildman–Crippen MR) is 172 cm³/mol. The average molecular weight is 649 g/mol. The Labute approximate surface area is 270 Å². The molecule has 3 heterocycles. The molecular formula is C31H31Cl2N9O3. The zero-order valence-electron chi connectivity index (χ0n) is 25.4. The molecule has 3 aromatic carbocycles. The second-order valence-corrected chi connectivity index (χ2v) is 11.6. The Morgan fingerprint density at radius 3 is 2.13 bits per heavy atom. The van der Waals surface area contributed by atoms with E-state index in [1.54, 1.807) is 11.9 Å². The number of ether oxygens (including phenoxy) is 2. The summed E-state index contributed by atoms with van der Waals surface area (Å²) in [6, 6.07) is 13.3. The molecule has 2 aliphatic heterocycles. The highest BCUT2D eigenvalue weighted by Gasteiger charge is 2.27. The van der Waals surface area contributed by atoms with E-state index in [1.807, 2.05) is 73.3 Å². The van der Waals surface area contributed by atoms with Crippen LogP contribution in [0.15, 0.2) is 52.4 Å². The topological polar surface area (TPSA) is 121 Å². The SMILES string of the molecule is CC(=O)N(C)CNCN(C)c1nc(C)nc(N(C)CCc2ccc3c(c2)Oc2c(Cl)c4c(c(Cl)c2=N3)Oc2ccccc2N=4)n1. The first-order chi connectivity index (χ1) is 21.6. The van der Waals surface area contributed by atoms with Gasteiger partial charge in [-0.2, -0.15) is 15.0 Å². The summed E-state index contributed by atoms with van der Waals surface area (Å²) in [5.74, 6) is 3.54. The van der Waals surface area contributed by atoms with Gasteiger partial charge in [-0.25, -0.2) is 9.98 Å². The van der Waals surface area contributed by atoms with Crippen LogP contribution in [0, 0.1) is 6.92 Å². The van der Waals surface area contributed by atoms with Gasteiger partial charge in [0.25, 0.3) is 0 Å². The summed E-state index contributed by atoms with van der Waals surface area (Å²) in [6.45, 7) is 4.87. The number of halogens is 2. The number of carbonyl (C=O) groups excluding carboxylic acids is 1. The maximum Gasteiger partial charge on any atom is 0.231 e. The highest BCUT2D eigenvalue weighted by Crippen LogP contribution is 2.42. The second-order valence-electron chi connectivity index (χ2n) is 10.8. The molecule has 1 aromatic heterocycles. The molecule has 45 heavy (non-hydrogen) atoms. The number of aryl methyl sites for hydroxylation is 1. The van der Waals surface area contributed by atoms with Crippen molar-refractivity contribution in [1.82, 2.24) is 25.2 Å². The lowest BCUT2D eigenvalue weighted by Gasteiger charge is -2.23. The first-order valence-electron chi connectivity index (χ1n) is 14.2. The maximum atomic E-state index is 11.4. The minimum atomic E-state index is -0.0148. The minimum absolute atomic E-state index is 0.0148. The Kier molecular flexibility index (Phi) is 8.45. The Morgan fingerprint density at radius 1 is 0.822 bits per heavy atom. The quantitative estimate of drug-likeness (QED) is 0.223. The van der Waals surface area contributed by atoms with Crippen LogP contribution in [0.1, 0.15) is 18.3 Å². The van der Waals surface area contributed by atoms with Gasteiger partial charge in [-0.05, 0) is 43.2 Å². The standard InChI is InChI=1S/C31H31Cl2N9O3/c1-17-35-30(39-31(36-17)42(5)16-34-15-41(4)18(2)43)40(3)13-12-19-10-11-21-23(14-19)45-29-25(33)26-28(24(32)27(29)38-21)44-22-9-7-6-8-20(22)37-26/h6-11,14,34H,12-13,15-16H2,1-5H3. The van der Waals surface area contributed by atoms with Gasteiger partial charge in [0.15, 0.2) is 23.0 Å². The fourth-order valence-corrected chi connectivity index (χ4v) is 5.27. The van der Waals surface area contributed by atoms with E-state index in [2.05, 4.69) is 25.3 Å². The third kappa shape index (κ3) is 6.21. The van der Waals surface area contributed by atoms with Crippen molar-refractivity contribution in [3.63, 3.8) is 0 Å². The van der Waals surface area contributed by atoms with Crippen LogP contribution in [0.4, 0.5) is 23.3 Å². The molecule has 1 N–H and O–H groups in total. The fourth-order valence-electron chi connectivity index (χ4n) is 4.75. The Bertz CT molecular complexity index is 1940. The van der Waals surface area contributed by atoms with Crippen molar-refractivity contribution in [2.24, 2.45) is 9.98 Å². The number of fused-ring (bicyclic) bond motifs is 4. The Morgan fingerprint density at radius 2 is 1.44 bits per heavy atom. The van der Waals surface area contributed by atoms with Crippen molar-refractivity contribution in [3.05, 3.63) is 74.6 Å². The number of nitrogens with zero attached hydrogens (tertiary/aromatic N) is 8. The lowest BCUT2D eigenvalue weighted by atomic mass is 10.1. The molecule has 0 aliphatic carbocycles. The van der Waals surface area contributed by atoms with E-state index in [4.69, 9.17) is 37.7 Å². The molecule has 12 nitrogen and oxygen atoms in total. The van der Waals surface area contributed by atoms with Crippen LogP contribution < -0.4 is 35.3 Å². The third-order valence-corrected chi connectivity index (χ3v) is 8.10. The van der Waals surface area contributed by atoms with Crippen molar-refractivity contribution >= 4 is 52.4 Å². The van der Waals surface area contributed by atoms with Gasteiger partial charge in [0.1, 0.15) is 38.0 Å². The number of likely N-dealkylation sites (N-methyl/N-ethyl adjacent to an activating group) is 1. The van der Waals surface area contributed by atoms with E-state index in [0.29, 0.717) is 89.1 Å². The first-order valence-corrected chi connectivity index (χ1v) is 15.0. The molecule has 14 heteroatoms. The molecule has 1 amide bonds. The van der Waals surface area contributed by atoms with E-state index in [-0.39, 0.29) is 16.0 Å². The lowest BCUT2D eigenvalue weighted by Crippen LogP contribution is -2.40. The summed E-state index contributed by atoms with van der Waals surface area (Å²) >= 11 is 13.6. The van der Waals surface area contributed by atoms with E-state index in [0.717, 1.165) is 5.56 Å². The van der Waals surface area contributed by atoms with Gasteiger partial charge in [0.2, 0.25) is 17.8 Å². The van der Waals surface area contributed by atoms with Crippen molar-refractivity contribution in [2.45, 2.75) is 20.3 Å². The van der Waals surface area contributed by atoms with E-state index in [1.165, 1.54) is 6.92 Å². The highest BCUT2D eigenvalue weighted by molar-refractivity contribution is 6.35. The first kappa shape index (κ1) is 30.5. The molecule has 6 rings (SSSR count). The Balaban J connectivity index is 1.17. The van der Waals surface area contributed by atoms with Crippen molar-refractivity contribution in [1.29, 1.82) is 0 Å². The van der Waals surface area contributed by atoms with Gasteiger partial charge >= 0.3 is 0 Å². The normalized spacial score (nSPS) is 12.2. The number of hydrogen-bond donors (Lipinski definition) is 1. The molecule has 0 spiro atoms. The number of carbonyl (C=O) groups is 1. The van der Waals surface area contributed by atoms with Gasteiger partial charge < -0.3 is 24.2 Å². The zero-order valence-corrected chi connectivity index (χ0v) is 26.9. The molecule has 0 bridgehead atoms. The highest BCUT2D eigenvalue weighted by atomic mass is 35.5. The third-order valence-electron chi connectivity index (χ3n) is 7.40. The molecule has 0 atom stereocenters. The number of anilines is 2. The number of rotatable bonds is 9. The van der Waals surface area contributed by atoms with E-state index < -0.39 is 0 Å². The van der Waals surface area contributed by atoms with Crippen LogP contribution in [0.5, 0.6) is 23.0 Å². The largest absolute Gasteiger partial charge is 0.451 e. The van der Waals surface area contributed by atoms with Crippen molar-refractivity contribution in [3.8, 4) is 23.0 Å². The van der Waals surface area contributed by atoms with Crippen LogP contribution in [0.2, 0.25) is 10.0 Å². The van der Waals surface area contributed by atoms with Crippen molar-refractivity contribution in [2.75, 3.05) is 50.8 Å². The molecule has 0 saturated carbocycles. The summed E-state index contributed by atoms with van der Waals surface area (Å²) in [4.78, 5) is 40.0. The summed E-state index contributed by atoms with van der Waals surface area (Å²) in [5, 5.41) is 4.59. The summed E-state index contributed by atoms with van der Waals surface area (Å²) < 4.78 is 12.3.